The highest BCUT2D eigenvalue weighted by molar-refractivity contribution is 5.90. The molecular weight excluding hydrogens is 414 g/mol. The summed E-state index contributed by atoms with van der Waals surface area (Å²) in [5.74, 6) is 0.291. The molecule has 4 N–H and O–H groups in total. The average Bonchev–Trinajstić information content (AvgIpc) is 3.34. The summed E-state index contributed by atoms with van der Waals surface area (Å²) in [5, 5.41) is 20.1. The molecule has 4 rings (SSSR count). The highest BCUT2D eigenvalue weighted by Gasteiger charge is 2.53. The number of rotatable bonds is 6. The Bertz CT molecular complexity index is 1140. The molecule has 0 amide bonds. The van der Waals surface area contributed by atoms with Gasteiger partial charge in [0.1, 0.15) is 23.7 Å². The normalized spacial score (nSPS) is 23.5. The number of hydrogen-bond acceptors (Lipinski definition) is 9. The number of nitrogens with two attached hydrogens (primary N) is 1. The van der Waals surface area contributed by atoms with Gasteiger partial charge in [-0.15, -0.1) is 0 Å². The number of anilines is 1. The van der Waals surface area contributed by atoms with Gasteiger partial charge in [0.05, 0.1) is 19.0 Å². The summed E-state index contributed by atoms with van der Waals surface area (Å²) < 4.78 is 13.3. The molecular formula is C22H27N5O5. The van der Waals surface area contributed by atoms with Crippen molar-refractivity contribution in [2.24, 2.45) is 0 Å². The van der Waals surface area contributed by atoms with Crippen molar-refractivity contribution in [1.82, 2.24) is 19.5 Å². The first kappa shape index (κ1) is 22.1. The third kappa shape index (κ3) is 3.70. The van der Waals surface area contributed by atoms with Crippen LogP contribution in [0.15, 0.2) is 36.9 Å². The zero-order valence-corrected chi connectivity index (χ0v) is 18.2. The van der Waals surface area contributed by atoms with Gasteiger partial charge in [0.2, 0.25) is 11.5 Å². The van der Waals surface area contributed by atoms with Crippen molar-refractivity contribution in [2.75, 3.05) is 18.9 Å². The molecule has 0 saturated carbocycles. The van der Waals surface area contributed by atoms with Gasteiger partial charge >= 0.3 is 0 Å². The summed E-state index contributed by atoms with van der Waals surface area (Å²) in [5.41, 5.74) is 5.59. The van der Waals surface area contributed by atoms with Crippen LogP contribution in [0.5, 0.6) is 5.75 Å². The molecule has 0 spiro atoms. The van der Waals surface area contributed by atoms with E-state index in [1.54, 1.807) is 0 Å². The van der Waals surface area contributed by atoms with Crippen LogP contribution < -0.4 is 10.5 Å². The lowest BCUT2D eigenvalue weighted by atomic mass is 9.86. The number of nitrogen functional groups attached to an aromatic ring is 1. The lowest BCUT2D eigenvalue weighted by molar-refractivity contribution is -0.162. The summed E-state index contributed by atoms with van der Waals surface area (Å²) in [6, 6.07) is 7.52. The van der Waals surface area contributed by atoms with Crippen LogP contribution in [0.2, 0.25) is 0 Å². The quantitative estimate of drug-likeness (QED) is 0.513. The lowest BCUT2D eigenvalue weighted by Crippen LogP contribution is -2.45. The number of imidazole rings is 1. The van der Waals surface area contributed by atoms with E-state index in [0.717, 1.165) is 5.56 Å². The van der Waals surface area contributed by atoms with Crippen molar-refractivity contribution in [3.05, 3.63) is 42.5 Å². The van der Waals surface area contributed by atoms with Crippen LogP contribution in [0.25, 0.3) is 11.2 Å². The van der Waals surface area contributed by atoms with Gasteiger partial charge in [-0.1, -0.05) is 39.0 Å². The molecule has 0 aliphatic carbocycles. The van der Waals surface area contributed by atoms with E-state index in [0.29, 0.717) is 11.3 Å². The predicted octanol–water partition coefficient (Wildman–Crippen LogP) is 1.15. The van der Waals surface area contributed by atoms with Gasteiger partial charge in [-0.3, -0.25) is 9.36 Å². The largest absolute Gasteiger partial charge is 0.485 e. The fraction of sp³-hybridized carbons (Fsp3) is 0.455. The number of hydrogen-bond donors (Lipinski definition) is 3. The minimum Gasteiger partial charge on any atom is -0.485 e. The first-order valence-corrected chi connectivity index (χ1v) is 10.3. The Morgan fingerprint density at radius 3 is 2.75 bits per heavy atom. The third-order valence-electron chi connectivity index (χ3n) is 5.68. The molecule has 3 heterocycles. The lowest BCUT2D eigenvalue weighted by Gasteiger charge is -2.29. The fourth-order valence-corrected chi connectivity index (χ4v) is 4.01. The number of aliphatic hydroxyl groups excluding tert-OH is 2. The highest BCUT2D eigenvalue weighted by Crippen LogP contribution is 2.39. The Kier molecular flexibility index (Phi) is 5.61. The third-order valence-corrected chi connectivity index (χ3v) is 5.68. The van der Waals surface area contributed by atoms with Crippen molar-refractivity contribution < 1.29 is 24.5 Å². The molecule has 0 unspecified atom stereocenters. The Hall–Kier alpha value is -3.08. The summed E-state index contributed by atoms with van der Waals surface area (Å²) >= 11 is 0. The van der Waals surface area contributed by atoms with Crippen LogP contribution in [0.4, 0.5) is 5.82 Å². The Balaban J connectivity index is 1.71. The standard InChI is InChI=1S/C22H27N5O5/c1-21(2,3)13-6-4-5-7-15(13)31-10-17(30)22(8-14(29)16(9-28)32-22)27-12-26-18-19(23)24-11-25-20(18)27/h4-7,11-12,14,16,28-29H,8-10H2,1-3H3,(H2,23,24,25)/t14-,16+,22-/m0/s1. The van der Waals surface area contributed by atoms with E-state index < -0.39 is 30.3 Å². The van der Waals surface area contributed by atoms with E-state index in [2.05, 4.69) is 35.7 Å². The summed E-state index contributed by atoms with van der Waals surface area (Å²) in [6.07, 6.45) is 0.527. The molecule has 10 nitrogen and oxygen atoms in total. The average molecular weight is 441 g/mol. The van der Waals surface area contributed by atoms with Crippen molar-refractivity contribution in [3.8, 4) is 5.75 Å². The summed E-state index contributed by atoms with van der Waals surface area (Å²) in [4.78, 5) is 25.9. The molecule has 2 aromatic heterocycles. The second-order valence-electron chi connectivity index (χ2n) is 8.90. The van der Waals surface area contributed by atoms with Crippen molar-refractivity contribution in [2.45, 2.75) is 50.5 Å². The molecule has 170 valence electrons. The number of aromatic nitrogens is 4. The number of nitrogens with zero attached hydrogens (tertiary/aromatic N) is 4. The van der Waals surface area contributed by atoms with E-state index in [1.165, 1.54) is 17.2 Å². The number of carbonyl (C=O) groups excluding carboxylic acids is 1. The molecule has 1 aliphatic rings. The number of benzene rings is 1. The van der Waals surface area contributed by atoms with Crippen LogP contribution in [0.1, 0.15) is 32.8 Å². The molecule has 0 bridgehead atoms. The van der Waals surface area contributed by atoms with Crippen molar-refractivity contribution in [3.63, 3.8) is 0 Å². The molecule has 32 heavy (non-hydrogen) atoms. The molecule has 1 aliphatic heterocycles. The summed E-state index contributed by atoms with van der Waals surface area (Å²) in [6.45, 7) is 5.40. The maximum atomic E-state index is 13.6. The first-order chi connectivity index (χ1) is 15.2. The number of ether oxygens (including phenoxy) is 2. The predicted molar refractivity (Wildman–Crippen MR) is 116 cm³/mol. The number of aliphatic hydroxyl groups is 2. The number of carbonyl (C=O) groups is 1. The van der Waals surface area contributed by atoms with E-state index in [4.69, 9.17) is 15.2 Å². The second kappa shape index (κ2) is 8.12. The molecule has 1 fully saturated rings. The maximum absolute atomic E-state index is 13.6. The van der Waals surface area contributed by atoms with Crippen molar-refractivity contribution >= 4 is 22.8 Å². The minimum absolute atomic E-state index is 0.100. The number of Topliss-reactive ketones (excluding diaryl/α,β-unsaturated/α-hetero) is 1. The minimum atomic E-state index is -1.67. The van der Waals surface area contributed by atoms with Gasteiger partial charge in [-0.05, 0) is 17.0 Å². The maximum Gasteiger partial charge on any atom is 0.223 e. The van der Waals surface area contributed by atoms with Crippen LogP contribution >= 0.6 is 0 Å². The van der Waals surface area contributed by atoms with E-state index in [9.17, 15) is 15.0 Å². The van der Waals surface area contributed by atoms with E-state index in [1.807, 2.05) is 24.3 Å². The van der Waals surface area contributed by atoms with Crippen molar-refractivity contribution in [1.29, 1.82) is 0 Å². The van der Waals surface area contributed by atoms with E-state index >= 15 is 0 Å². The molecule has 3 atom stereocenters. The van der Waals surface area contributed by atoms with Crippen LogP contribution in [-0.4, -0.2) is 60.9 Å². The van der Waals surface area contributed by atoms with Gasteiger partial charge < -0.3 is 25.4 Å². The molecule has 10 heteroatoms. The molecule has 3 aromatic rings. The van der Waals surface area contributed by atoms with E-state index in [-0.39, 0.29) is 29.9 Å². The van der Waals surface area contributed by atoms with Crippen LogP contribution in [0.3, 0.4) is 0 Å². The van der Waals surface area contributed by atoms with Gasteiger partial charge in [-0.25, -0.2) is 15.0 Å². The zero-order chi connectivity index (χ0) is 23.1. The van der Waals surface area contributed by atoms with Crippen LogP contribution in [0, 0.1) is 0 Å². The summed E-state index contributed by atoms with van der Waals surface area (Å²) in [7, 11) is 0. The first-order valence-electron chi connectivity index (χ1n) is 10.3. The highest BCUT2D eigenvalue weighted by atomic mass is 16.6. The van der Waals surface area contributed by atoms with Gasteiger partial charge in [0.15, 0.2) is 18.1 Å². The number of para-hydroxylation sites is 1. The van der Waals surface area contributed by atoms with Gasteiger partial charge in [-0.2, -0.15) is 0 Å². The molecule has 1 aromatic carbocycles. The monoisotopic (exact) mass is 441 g/mol. The molecule has 0 radical (unpaired) electrons. The van der Waals surface area contributed by atoms with Crippen LogP contribution in [-0.2, 0) is 20.7 Å². The topological polar surface area (TPSA) is 146 Å². The second-order valence-corrected chi connectivity index (χ2v) is 8.90. The fourth-order valence-electron chi connectivity index (χ4n) is 4.01. The number of fused-ring (bicyclic) bond motifs is 1. The Labute approximate surface area is 185 Å². The SMILES string of the molecule is CC(C)(C)c1ccccc1OCC(=O)[C@]1(n2cnc3c(N)ncnc32)C[C@H](O)[C@@H](CO)O1. The zero-order valence-electron chi connectivity index (χ0n) is 18.2. The van der Waals surface area contributed by atoms with Gasteiger partial charge in [0, 0.05) is 6.42 Å². The Morgan fingerprint density at radius 2 is 2.06 bits per heavy atom. The molecule has 1 saturated heterocycles. The smallest absolute Gasteiger partial charge is 0.223 e. The Morgan fingerprint density at radius 1 is 1.31 bits per heavy atom. The van der Waals surface area contributed by atoms with Gasteiger partial charge in [0.25, 0.3) is 0 Å². The number of ketones is 1.